The zero-order valence-corrected chi connectivity index (χ0v) is 20.5. The number of fused-ring (bicyclic) bond motifs is 1. The van der Waals surface area contributed by atoms with Gasteiger partial charge in [0.2, 0.25) is 10.0 Å². The number of hydrogen-bond donors (Lipinski definition) is 0. The molecule has 8 nitrogen and oxygen atoms in total. The van der Waals surface area contributed by atoms with E-state index in [4.69, 9.17) is 21.3 Å². The predicted molar refractivity (Wildman–Crippen MR) is 133 cm³/mol. The summed E-state index contributed by atoms with van der Waals surface area (Å²) in [6, 6.07) is 15.7. The molecule has 0 atom stereocenters. The van der Waals surface area contributed by atoms with Crippen molar-refractivity contribution in [3.8, 4) is 17.1 Å². The fraction of sp³-hybridized carbons (Fsp3) is 0.240. The van der Waals surface area contributed by atoms with Gasteiger partial charge in [0.1, 0.15) is 17.1 Å². The Bertz CT molecular complexity index is 1510. The third-order valence-corrected chi connectivity index (χ3v) is 8.54. The quantitative estimate of drug-likeness (QED) is 0.352. The summed E-state index contributed by atoms with van der Waals surface area (Å²) in [4.78, 5) is 20.6. The van der Waals surface area contributed by atoms with Crippen LogP contribution in [0.2, 0.25) is 5.02 Å². The summed E-state index contributed by atoms with van der Waals surface area (Å²) in [6.45, 7) is 0.663. The average Bonchev–Trinajstić information content (AvgIpc) is 3.28. The van der Waals surface area contributed by atoms with Crippen molar-refractivity contribution in [2.75, 3.05) is 20.2 Å². The maximum Gasteiger partial charge on any atom is 0.243 e. The van der Waals surface area contributed by atoms with Crippen LogP contribution in [0, 0.1) is 0 Å². The molecule has 5 rings (SSSR count). The van der Waals surface area contributed by atoms with Gasteiger partial charge in [-0.05, 0) is 55.3 Å². The lowest BCUT2D eigenvalue weighted by Gasteiger charge is -2.32. The van der Waals surface area contributed by atoms with E-state index in [9.17, 15) is 13.2 Å². The molecule has 2 aromatic heterocycles. The van der Waals surface area contributed by atoms with Gasteiger partial charge in [-0.3, -0.25) is 4.79 Å². The Kier molecular flexibility index (Phi) is 6.31. The summed E-state index contributed by atoms with van der Waals surface area (Å²) in [5.41, 5.74) is 2.64. The number of sulfonamides is 1. The summed E-state index contributed by atoms with van der Waals surface area (Å²) in [7, 11) is -2.12. The fourth-order valence-corrected chi connectivity index (χ4v) is 6.33. The first-order valence-electron chi connectivity index (χ1n) is 11.1. The van der Waals surface area contributed by atoms with Gasteiger partial charge in [-0.1, -0.05) is 23.7 Å². The fourth-order valence-electron chi connectivity index (χ4n) is 4.55. The Balaban J connectivity index is 1.47. The number of nitrogens with zero attached hydrogens (tertiary/aromatic N) is 4. The number of aromatic nitrogens is 3. The summed E-state index contributed by atoms with van der Waals surface area (Å²) in [5, 5.41) is 0.119. The van der Waals surface area contributed by atoms with Gasteiger partial charge >= 0.3 is 0 Å². The highest BCUT2D eigenvalue weighted by molar-refractivity contribution is 7.89. The molecule has 3 heterocycles. The Morgan fingerprint density at radius 2 is 1.86 bits per heavy atom. The van der Waals surface area contributed by atoms with Crippen molar-refractivity contribution in [3.05, 3.63) is 71.4 Å². The number of para-hydroxylation sites is 1. The number of ether oxygens (including phenoxy) is 1. The second kappa shape index (κ2) is 9.41. The highest BCUT2D eigenvalue weighted by atomic mass is 35.5. The molecule has 0 radical (unpaired) electrons. The van der Waals surface area contributed by atoms with Crippen molar-refractivity contribution in [1.82, 2.24) is 18.8 Å². The van der Waals surface area contributed by atoms with Crippen LogP contribution in [0.15, 0.2) is 65.7 Å². The SMILES string of the molecule is COc1ccccc1-c1nc2cccnc2n1C1CCN(S(=O)(=O)c2ccc(C=O)c(Cl)c2)CC1. The van der Waals surface area contributed by atoms with Gasteiger partial charge in [0.05, 0.1) is 22.6 Å². The number of methoxy groups -OCH3 is 1. The van der Waals surface area contributed by atoms with E-state index in [0.717, 1.165) is 22.6 Å². The normalized spacial score (nSPS) is 15.4. The minimum atomic E-state index is -3.74. The monoisotopic (exact) mass is 510 g/mol. The van der Waals surface area contributed by atoms with Crippen LogP contribution in [0.3, 0.4) is 0 Å². The highest BCUT2D eigenvalue weighted by Crippen LogP contribution is 2.37. The van der Waals surface area contributed by atoms with Crippen LogP contribution < -0.4 is 4.74 Å². The predicted octanol–water partition coefficient (Wildman–Crippen LogP) is 4.60. The smallest absolute Gasteiger partial charge is 0.243 e. The first kappa shape index (κ1) is 23.5. The molecule has 0 bridgehead atoms. The van der Waals surface area contributed by atoms with Crippen LogP contribution in [0.5, 0.6) is 5.75 Å². The van der Waals surface area contributed by atoms with E-state index in [-0.39, 0.29) is 21.5 Å². The van der Waals surface area contributed by atoms with E-state index < -0.39 is 10.0 Å². The van der Waals surface area contributed by atoms with Gasteiger partial charge in [0, 0.05) is 30.9 Å². The molecule has 1 aliphatic rings. The van der Waals surface area contributed by atoms with E-state index in [1.165, 1.54) is 22.5 Å². The Hall–Kier alpha value is -3.27. The maximum atomic E-state index is 13.2. The molecule has 0 N–H and O–H groups in total. The number of piperidine rings is 1. The first-order valence-corrected chi connectivity index (χ1v) is 13.0. The minimum Gasteiger partial charge on any atom is -0.496 e. The van der Waals surface area contributed by atoms with Gasteiger partial charge in [-0.2, -0.15) is 4.31 Å². The minimum absolute atomic E-state index is 0.00212. The molecule has 0 aliphatic carbocycles. The molecule has 1 aliphatic heterocycles. The maximum absolute atomic E-state index is 13.2. The van der Waals surface area contributed by atoms with Crippen molar-refractivity contribution in [2.45, 2.75) is 23.8 Å². The molecule has 0 spiro atoms. The van der Waals surface area contributed by atoms with Crippen LogP contribution in [0.4, 0.5) is 0 Å². The van der Waals surface area contributed by atoms with Gasteiger partial charge in [0.25, 0.3) is 0 Å². The number of rotatable bonds is 6. The summed E-state index contributed by atoms with van der Waals surface area (Å²) in [5.74, 6) is 1.45. The van der Waals surface area contributed by atoms with E-state index >= 15 is 0 Å². The zero-order chi connectivity index (χ0) is 24.6. The topological polar surface area (TPSA) is 94.4 Å². The number of pyridine rings is 1. The number of carbonyl (C=O) groups is 1. The van der Waals surface area contributed by atoms with Crippen molar-refractivity contribution < 1.29 is 17.9 Å². The van der Waals surface area contributed by atoms with Crippen molar-refractivity contribution in [3.63, 3.8) is 0 Å². The summed E-state index contributed by atoms with van der Waals surface area (Å²) < 4.78 is 35.6. The van der Waals surface area contributed by atoms with E-state index in [0.29, 0.717) is 38.0 Å². The van der Waals surface area contributed by atoms with Gasteiger partial charge in [-0.25, -0.2) is 18.4 Å². The van der Waals surface area contributed by atoms with E-state index in [1.54, 1.807) is 13.3 Å². The van der Waals surface area contributed by atoms with Crippen LogP contribution in [-0.4, -0.2) is 53.7 Å². The molecule has 0 unspecified atom stereocenters. The van der Waals surface area contributed by atoms with Crippen molar-refractivity contribution >= 4 is 39.1 Å². The van der Waals surface area contributed by atoms with Crippen molar-refractivity contribution in [1.29, 1.82) is 0 Å². The number of imidazole rings is 1. The molecule has 4 aromatic rings. The molecular weight excluding hydrogens is 488 g/mol. The van der Waals surface area contributed by atoms with Crippen molar-refractivity contribution in [2.24, 2.45) is 0 Å². The number of aldehydes is 1. The third-order valence-electron chi connectivity index (χ3n) is 6.32. The van der Waals surface area contributed by atoms with Gasteiger partial charge < -0.3 is 9.30 Å². The number of carbonyl (C=O) groups excluding carboxylic acids is 1. The third kappa shape index (κ3) is 4.20. The molecule has 1 fully saturated rings. The Labute approximate surface area is 208 Å². The lowest BCUT2D eigenvalue weighted by molar-refractivity contribution is 0.112. The second-order valence-electron chi connectivity index (χ2n) is 8.29. The van der Waals surface area contributed by atoms with Crippen LogP contribution in [0.25, 0.3) is 22.6 Å². The van der Waals surface area contributed by atoms with Crippen LogP contribution in [0.1, 0.15) is 29.2 Å². The second-order valence-corrected chi connectivity index (χ2v) is 10.6. The highest BCUT2D eigenvalue weighted by Gasteiger charge is 2.32. The number of hydrogen-bond acceptors (Lipinski definition) is 6. The molecule has 180 valence electrons. The van der Waals surface area contributed by atoms with E-state index in [2.05, 4.69) is 9.55 Å². The molecular formula is C25H23ClN4O4S. The zero-order valence-electron chi connectivity index (χ0n) is 19.0. The largest absolute Gasteiger partial charge is 0.496 e. The summed E-state index contributed by atoms with van der Waals surface area (Å²) >= 11 is 6.08. The number of halogens is 1. The Morgan fingerprint density at radius 1 is 1.09 bits per heavy atom. The standard InChI is InChI=1S/C25H23ClN4O4S/c1-34-23-7-3-2-5-20(23)24-28-22-6-4-12-27-25(22)30(24)18-10-13-29(14-11-18)35(32,33)19-9-8-17(16-31)21(26)15-19/h2-9,12,15-16,18H,10-11,13-14H2,1H3. The molecule has 2 aromatic carbocycles. The van der Waals surface area contributed by atoms with E-state index in [1.807, 2.05) is 36.4 Å². The first-order chi connectivity index (χ1) is 16.9. The van der Waals surface area contributed by atoms with Crippen LogP contribution >= 0.6 is 11.6 Å². The molecule has 10 heteroatoms. The average molecular weight is 511 g/mol. The van der Waals surface area contributed by atoms with Gasteiger partial charge in [-0.15, -0.1) is 0 Å². The molecule has 1 saturated heterocycles. The number of benzene rings is 2. The summed E-state index contributed by atoms with van der Waals surface area (Å²) in [6.07, 6.45) is 3.51. The lowest BCUT2D eigenvalue weighted by atomic mass is 10.1. The lowest BCUT2D eigenvalue weighted by Crippen LogP contribution is -2.39. The van der Waals surface area contributed by atoms with Crippen LogP contribution in [-0.2, 0) is 10.0 Å². The molecule has 0 saturated carbocycles. The molecule has 35 heavy (non-hydrogen) atoms. The van der Waals surface area contributed by atoms with Gasteiger partial charge in [0.15, 0.2) is 11.9 Å². The molecule has 0 amide bonds. The Morgan fingerprint density at radius 3 is 2.57 bits per heavy atom.